The molecular weight excluding hydrogens is 194 g/mol. The maximum atomic E-state index is 3.81. The molecule has 0 aliphatic heterocycles. The van der Waals surface area contributed by atoms with E-state index in [1.807, 2.05) is 0 Å². The molecule has 0 aromatic carbocycles. The summed E-state index contributed by atoms with van der Waals surface area (Å²) in [6.07, 6.45) is 11.4. The lowest BCUT2D eigenvalue weighted by molar-refractivity contribution is 0.280. The molecule has 0 radical (unpaired) electrons. The average Bonchev–Trinajstić information content (AvgIpc) is 2.70. The highest BCUT2D eigenvalue weighted by atomic mass is 14.9. The van der Waals surface area contributed by atoms with Crippen molar-refractivity contribution < 1.29 is 0 Å². The van der Waals surface area contributed by atoms with Crippen LogP contribution in [0, 0.1) is 11.8 Å². The van der Waals surface area contributed by atoms with Gasteiger partial charge in [-0.2, -0.15) is 0 Å². The van der Waals surface area contributed by atoms with Gasteiger partial charge in [0.05, 0.1) is 0 Å². The van der Waals surface area contributed by atoms with Crippen LogP contribution in [0.4, 0.5) is 0 Å². The van der Waals surface area contributed by atoms with Gasteiger partial charge in [0.15, 0.2) is 0 Å². The summed E-state index contributed by atoms with van der Waals surface area (Å²) in [5.41, 5.74) is 0. The molecule has 1 aliphatic rings. The van der Waals surface area contributed by atoms with Gasteiger partial charge in [-0.15, -0.1) is 6.58 Å². The Morgan fingerprint density at radius 1 is 1.44 bits per heavy atom. The van der Waals surface area contributed by atoms with Crippen LogP contribution in [-0.4, -0.2) is 12.6 Å². The zero-order chi connectivity index (χ0) is 11.8. The molecule has 1 saturated carbocycles. The largest absolute Gasteiger partial charge is 0.314 e. The number of allylic oxidation sites excluding steroid dienone is 1. The highest BCUT2D eigenvalue weighted by molar-refractivity contribution is 4.85. The highest BCUT2D eigenvalue weighted by Crippen LogP contribution is 2.35. The molecular formula is C15H29N. The van der Waals surface area contributed by atoms with Crippen molar-refractivity contribution in [1.29, 1.82) is 0 Å². The lowest BCUT2D eigenvalue weighted by Gasteiger charge is -2.28. The van der Waals surface area contributed by atoms with Gasteiger partial charge < -0.3 is 5.32 Å². The van der Waals surface area contributed by atoms with E-state index in [2.05, 4.69) is 31.8 Å². The van der Waals surface area contributed by atoms with E-state index in [0.717, 1.165) is 17.9 Å². The number of unbranched alkanes of at least 4 members (excludes halogenated alkanes) is 1. The van der Waals surface area contributed by atoms with Crippen LogP contribution >= 0.6 is 0 Å². The summed E-state index contributed by atoms with van der Waals surface area (Å²) in [6, 6.07) is 0.761. The third-order valence-corrected chi connectivity index (χ3v) is 4.02. The first-order valence-corrected chi connectivity index (χ1v) is 7.13. The van der Waals surface area contributed by atoms with Gasteiger partial charge in [0.25, 0.3) is 0 Å². The number of rotatable bonds is 8. The molecule has 0 aromatic rings. The maximum absolute atomic E-state index is 3.81. The van der Waals surface area contributed by atoms with Crippen LogP contribution in [0.2, 0.25) is 0 Å². The molecule has 3 unspecified atom stereocenters. The Morgan fingerprint density at radius 3 is 2.81 bits per heavy atom. The van der Waals surface area contributed by atoms with Crippen molar-refractivity contribution >= 4 is 0 Å². The van der Waals surface area contributed by atoms with Gasteiger partial charge in [-0.25, -0.2) is 0 Å². The Labute approximate surface area is 102 Å². The molecule has 0 saturated heterocycles. The second-order valence-corrected chi connectivity index (χ2v) is 5.35. The zero-order valence-corrected chi connectivity index (χ0v) is 11.2. The van der Waals surface area contributed by atoms with Crippen molar-refractivity contribution in [1.82, 2.24) is 5.32 Å². The number of hydrogen-bond acceptors (Lipinski definition) is 1. The smallest absolute Gasteiger partial charge is 0.00979 e. The van der Waals surface area contributed by atoms with Gasteiger partial charge >= 0.3 is 0 Å². The summed E-state index contributed by atoms with van der Waals surface area (Å²) in [5, 5.41) is 3.77. The summed E-state index contributed by atoms with van der Waals surface area (Å²) in [4.78, 5) is 0. The van der Waals surface area contributed by atoms with Crippen LogP contribution in [0.25, 0.3) is 0 Å². The van der Waals surface area contributed by atoms with E-state index >= 15 is 0 Å². The van der Waals surface area contributed by atoms with E-state index in [0.29, 0.717) is 0 Å². The second-order valence-electron chi connectivity index (χ2n) is 5.35. The van der Waals surface area contributed by atoms with E-state index < -0.39 is 0 Å². The molecule has 0 amide bonds. The Balaban J connectivity index is 2.38. The predicted octanol–water partition coefficient (Wildman–Crippen LogP) is 4.15. The molecule has 1 rings (SSSR count). The fourth-order valence-corrected chi connectivity index (χ4v) is 3.05. The summed E-state index contributed by atoms with van der Waals surface area (Å²) in [5.74, 6) is 1.86. The third-order valence-electron chi connectivity index (χ3n) is 4.02. The van der Waals surface area contributed by atoms with Gasteiger partial charge in [0.2, 0.25) is 0 Å². The molecule has 1 aliphatic carbocycles. The Kier molecular flexibility index (Phi) is 6.79. The Hall–Kier alpha value is -0.300. The SMILES string of the molecule is C=CCCCC(NCCC)C1CCCC1C. The first-order chi connectivity index (χ1) is 7.79. The fraction of sp³-hybridized carbons (Fsp3) is 0.867. The first kappa shape index (κ1) is 13.8. The molecule has 94 valence electrons. The molecule has 0 spiro atoms. The molecule has 0 aromatic heterocycles. The summed E-state index contributed by atoms with van der Waals surface area (Å²) in [7, 11) is 0. The monoisotopic (exact) mass is 223 g/mol. The quantitative estimate of drug-likeness (QED) is 0.481. The molecule has 0 bridgehead atoms. The minimum atomic E-state index is 0.761. The standard InChI is InChI=1S/C15H29N/c1-4-6-7-11-15(16-12-5-2)14-10-8-9-13(14)3/h4,13-16H,1,5-12H2,2-3H3. The lowest BCUT2D eigenvalue weighted by Crippen LogP contribution is -2.37. The summed E-state index contributed by atoms with van der Waals surface area (Å²) >= 11 is 0. The van der Waals surface area contributed by atoms with Crippen molar-refractivity contribution in [2.45, 2.75) is 64.8 Å². The van der Waals surface area contributed by atoms with Crippen molar-refractivity contribution in [2.24, 2.45) is 11.8 Å². The van der Waals surface area contributed by atoms with Crippen LogP contribution in [-0.2, 0) is 0 Å². The van der Waals surface area contributed by atoms with Gasteiger partial charge in [-0.1, -0.05) is 32.8 Å². The maximum Gasteiger partial charge on any atom is 0.00979 e. The van der Waals surface area contributed by atoms with E-state index in [9.17, 15) is 0 Å². The molecule has 16 heavy (non-hydrogen) atoms. The number of nitrogens with one attached hydrogen (secondary N) is 1. The molecule has 3 atom stereocenters. The van der Waals surface area contributed by atoms with Crippen LogP contribution < -0.4 is 5.32 Å². The van der Waals surface area contributed by atoms with Gasteiger partial charge in [0.1, 0.15) is 0 Å². The van der Waals surface area contributed by atoms with E-state index in [1.54, 1.807) is 0 Å². The normalized spacial score (nSPS) is 26.9. The van der Waals surface area contributed by atoms with Gasteiger partial charge in [0, 0.05) is 6.04 Å². The molecule has 1 fully saturated rings. The van der Waals surface area contributed by atoms with Crippen LogP contribution in [0.5, 0.6) is 0 Å². The van der Waals surface area contributed by atoms with Crippen molar-refractivity contribution in [3.8, 4) is 0 Å². The molecule has 0 heterocycles. The molecule has 1 heteroatoms. The summed E-state index contributed by atoms with van der Waals surface area (Å²) in [6.45, 7) is 9.69. The highest BCUT2D eigenvalue weighted by Gasteiger charge is 2.29. The predicted molar refractivity (Wildman–Crippen MR) is 72.6 cm³/mol. The first-order valence-electron chi connectivity index (χ1n) is 7.13. The molecule has 1 nitrogen and oxygen atoms in total. The fourth-order valence-electron chi connectivity index (χ4n) is 3.05. The Morgan fingerprint density at radius 2 is 2.25 bits per heavy atom. The summed E-state index contributed by atoms with van der Waals surface area (Å²) < 4.78 is 0. The van der Waals surface area contributed by atoms with Crippen molar-refractivity contribution in [3.05, 3.63) is 12.7 Å². The Bertz CT molecular complexity index is 188. The van der Waals surface area contributed by atoms with E-state index in [-0.39, 0.29) is 0 Å². The van der Waals surface area contributed by atoms with Crippen molar-refractivity contribution in [2.75, 3.05) is 6.54 Å². The van der Waals surface area contributed by atoms with Crippen molar-refractivity contribution in [3.63, 3.8) is 0 Å². The minimum Gasteiger partial charge on any atom is -0.314 e. The second kappa shape index (κ2) is 7.89. The van der Waals surface area contributed by atoms with Crippen LogP contribution in [0.15, 0.2) is 12.7 Å². The van der Waals surface area contributed by atoms with Crippen LogP contribution in [0.3, 0.4) is 0 Å². The van der Waals surface area contributed by atoms with Gasteiger partial charge in [-0.3, -0.25) is 0 Å². The average molecular weight is 223 g/mol. The lowest BCUT2D eigenvalue weighted by atomic mass is 9.87. The zero-order valence-electron chi connectivity index (χ0n) is 11.2. The van der Waals surface area contributed by atoms with Crippen LogP contribution in [0.1, 0.15) is 58.8 Å². The minimum absolute atomic E-state index is 0.761. The number of hydrogen-bond donors (Lipinski definition) is 1. The topological polar surface area (TPSA) is 12.0 Å². The van der Waals surface area contributed by atoms with Gasteiger partial charge in [-0.05, 0) is 50.5 Å². The van der Waals surface area contributed by atoms with E-state index in [4.69, 9.17) is 0 Å². The molecule has 1 N–H and O–H groups in total. The third kappa shape index (κ3) is 4.29. The van der Waals surface area contributed by atoms with E-state index in [1.165, 1.54) is 51.5 Å².